The average molecular weight is 457 g/mol. The van der Waals surface area contributed by atoms with Crippen LogP contribution in [-0.4, -0.2) is 30.8 Å². The Hall–Kier alpha value is -3.13. The SMILES string of the molecule is NCC1(c2ccccc2)Cc2c(ccc(Cl)c2-c2c(C(N)=O)ccc(OCCO)c2F)O1. The summed E-state index contributed by atoms with van der Waals surface area (Å²) in [4.78, 5) is 12.2. The minimum atomic E-state index is -0.864. The molecule has 1 amide bonds. The van der Waals surface area contributed by atoms with Crippen molar-refractivity contribution in [3.63, 3.8) is 0 Å². The molecule has 1 aliphatic heterocycles. The number of amides is 1. The molecule has 0 saturated heterocycles. The summed E-state index contributed by atoms with van der Waals surface area (Å²) >= 11 is 6.54. The molecule has 4 rings (SSSR count). The van der Waals surface area contributed by atoms with Gasteiger partial charge in [-0.2, -0.15) is 0 Å². The van der Waals surface area contributed by atoms with Gasteiger partial charge in [-0.3, -0.25) is 4.79 Å². The lowest BCUT2D eigenvalue weighted by molar-refractivity contribution is 0.1000. The maximum Gasteiger partial charge on any atom is 0.249 e. The number of nitrogens with two attached hydrogens (primary N) is 2. The first-order valence-corrected chi connectivity index (χ1v) is 10.4. The van der Waals surface area contributed by atoms with Gasteiger partial charge in [-0.05, 0) is 29.8 Å². The van der Waals surface area contributed by atoms with E-state index in [1.165, 1.54) is 12.1 Å². The number of rotatable bonds is 7. The number of primary amides is 1. The Kier molecular flexibility index (Phi) is 6.06. The van der Waals surface area contributed by atoms with Crippen LogP contribution in [0.1, 0.15) is 21.5 Å². The van der Waals surface area contributed by atoms with Gasteiger partial charge in [0.25, 0.3) is 0 Å². The summed E-state index contributed by atoms with van der Waals surface area (Å²) in [6.45, 7) is -0.231. The van der Waals surface area contributed by atoms with Crippen LogP contribution in [0.5, 0.6) is 11.5 Å². The van der Waals surface area contributed by atoms with Crippen LogP contribution in [-0.2, 0) is 12.0 Å². The normalized spacial score (nSPS) is 17.0. The number of fused-ring (bicyclic) bond motifs is 1. The summed E-state index contributed by atoms with van der Waals surface area (Å²) < 4.78 is 27.2. The molecule has 0 aliphatic carbocycles. The molecule has 166 valence electrons. The van der Waals surface area contributed by atoms with Crippen molar-refractivity contribution in [2.45, 2.75) is 12.0 Å². The molecule has 6 nitrogen and oxygen atoms in total. The number of hydrogen-bond acceptors (Lipinski definition) is 5. The molecule has 1 aliphatic rings. The van der Waals surface area contributed by atoms with Gasteiger partial charge >= 0.3 is 0 Å². The summed E-state index contributed by atoms with van der Waals surface area (Å²) in [5, 5.41) is 9.27. The van der Waals surface area contributed by atoms with Crippen LogP contribution in [0.25, 0.3) is 11.1 Å². The zero-order chi connectivity index (χ0) is 22.9. The second-order valence-electron chi connectivity index (χ2n) is 7.48. The van der Waals surface area contributed by atoms with E-state index in [0.29, 0.717) is 23.3 Å². The van der Waals surface area contributed by atoms with Crippen LogP contribution in [0.15, 0.2) is 54.6 Å². The van der Waals surface area contributed by atoms with Crippen molar-refractivity contribution in [2.75, 3.05) is 19.8 Å². The predicted molar refractivity (Wildman–Crippen MR) is 119 cm³/mol. The van der Waals surface area contributed by atoms with Crippen LogP contribution < -0.4 is 20.9 Å². The van der Waals surface area contributed by atoms with Gasteiger partial charge in [0.05, 0.1) is 12.2 Å². The second-order valence-corrected chi connectivity index (χ2v) is 7.89. The molecular formula is C24H22ClFN2O4. The Morgan fingerprint density at radius 1 is 1.16 bits per heavy atom. The van der Waals surface area contributed by atoms with Crippen molar-refractivity contribution in [1.29, 1.82) is 0 Å². The monoisotopic (exact) mass is 456 g/mol. The Balaban J connectivity index is 1.92. The molecule has 0 aromatic heterocycles. The van der Waals surface area contributed by atoms with Crippen molar-refractivity contribution in [3.05, 3.63) is 82.1 Å². The minimum absolute atomic E-state index is 0.0425. The van der Waals surface area contributed by atoms with Crippen molar-refractivity contribution in [2.24, 2.45) is 11.5 Å². The molecule has 1 heterocycles. The van der Waals surface area contributed by atoms with E-state index in [9.17, 15) is 4.79 Å². The standard InChI is InChI=1S/C24H22ClFN2O4/c25-17-7-9-18-16(12-24(13-27,32-18)14-4-2-1-3-5-14)20(17)21-15(23(28)30)6-8-19(22(21)26)31-11-10-29/h1-9,29H,10-13,27H2,(H2,28,30). The number of aliphatic hydroxyl groups excluding tert-OH is 1. The first-order valence-electron chi connectivity index (χ1n) is 10.0. The van der Waals surface area contributed by atoms with Gasteiger partial charge in [-0.25, -0.2) is 4.39 Å². The smallest absolute Gasteiger partial charge is 0.249 e. The second kappa shape index (κ2) is 8.78. The summed E-state index contributed by atoms with van der Waals surface area (Å²) in [5.74, 6) is -1.24. The van der Waals surface area contributed by atoms with E-state index < -0.39 is 17.3 Å². The largest absolute Gasteiger partial charge is 0.488 e. The Morgan fingerprint density at radius 2 is 1.91 bits per heavy atom. The molecule has 0 fully saturated rings. The van der Waals surface area contributed by atoms with Crippen molar-refractivity contribution >= 4 is 17.5 Å². The molecular weight excluding hydrogens is 435 g/mol. The predicted octanol–water partition coefficient (Wildman–Crippen LogP) is 3.41. The van der Waals surface area contributed by atoms with Gasteiger partial charge in [-0.1, -0.05) is 41.9 Å². The highest BCUT2D eigenvalue weighted by Gasteiger charge is 2.42. The number of hydrogen-bond donors (Lipinski definition) is 3. The Labute approximate surface area is 189 Å². The topological polar surface area (TPSA) is 108 Å². The molecule has 8 heteroatoms. The lowest BCUT2D eigenvalue weighted by Gasteiger charge is -2.27. The van der Waals surface area contributed by atoms with Gasteiger partial charge < -0.3 is 26.0 Å². The maximum atomic E-state index is 15.6. The number of aliphatic hydroxyl groups is 1. The zero-order valence-corrected chi connectivity index (χ0v) is 17.9. The van der Waals surface area contributed by atoms with E-state index >= 15 is 4.39 Å². The third kappa shape index (κ3) is 3.68. The van der Waals surface area contributed by atoms with Crippen molar-refractivity contribution in [3.8, 4) is 22.6 Å². The molecule has 1 unspecified atom stereocenters. The molecule has 0 spiro atoms. The van der Waals surface area contributed by atoms with Crippen molar-refractivity contribution < 1.29 is 23.8 Å². The fourth-order valence-corrected chi connectivity index (χ4v) is 4.35. The zero-order valence-electron chi connectivity index (χ0n) is 17.1. The van der Waals surface area contributed by atoms with Gasteiger partial charge in [-0.15, -0.1) is 0 Å². The molecule has 0 saturated carbocycles. The third-order valence-corrected chi connectivity index (χ3v) is 5.90. The summed E-state index contributed by atoms with van der Waals surface area (Å²) in [5.41, 5.74) is 12.5. The lowest BCUT2D eigenvalue weighted by Crippen LogP contribution is -2.39. The first kappa shape index (κ1) is 22.1. The number of benzene rings is 3. The van der Waals surface area contributed by atoms with Crippen molar-refractivity contribution in [1.82, 2.24) is 0 Å². The highest BCUT2D eigenvalue weighted by molar-refractivity contribution is 6.34. The van der Waals surface area contributed by atoms with Crippen LogP contribution in [0.2, 0.25) is 5.02 Å². The van der Waals surface area contributed by atoms with E-state index in [2.05, 4.69) is 0 Å². The quantitative estimate of drug-likeness (QED) is 0.505. The highest BCUT2D eigenvalue weighted by Crippen LogP contribution is 2.49. The van der Waals surface area contributed by atoms with E-state index in [1.54, 1.807) is 12.1 Å². The molecule has 1 atom stereocenters. The number of carbonyl (C=O) groups excluding carboxylic acids is 1. The first-order chi connectivity index (χ1) is 15.4. The summed E-state index contributed by atoms with van der Waals surface area (Å²) in [7, 11) is 0. The number of ether oxygens (including phenoxy) is 2. The molecule has 0 radical (unpaired) electrons. The Morgan fingerprint density at radius 3 is 2.56 bits per heavy atom. The number of carbonyl (C=O) groups is 1. The minimum Gasteiger partial charge on any atom is -0.488 e. The van der Waals surface area contributed by atoms with Crippen LogP contribution in [0.3, 0.4) is 0 Å². The van der Waals surface area contributed by atoms with Gasteiger partial charge in [0.2, 0.25) is 5.91 Å². The van der Waals surface area contributed by atoms with E-state index in [1.807, 2.05) is 30.3 Å². The fraction of sp³-hybridized carbons (Fsp3) is 0.208. The molecule has 3 aromatic carbocycles. The molecule has 5 N–H and O–H groups in total. The molecule has 3 aromatic rings. The van der Waals surface area contributed by atoms with E-state index in [-0.39, 0.29) is 41.7 Å². The van der Waals surface area contributed by atoms with Crippen LogP contribution >= 0.6 is 11.6 Å². The fourth-order valence-electron chi connectivity index (χ4n) is 4.08. The van der Waals surface area contributed by atoms with Gasteiger partial charge in [0, 0.05) is 34.7 Å². The van der Waals surface area contributed by atoms with Gasteiger partial charge in [0.15, 0.2) is 17.2 Å². The third-order valence-electron chi connectivity index (χ3n) is 5.59. The maximum absolute atomic E-state index is 15.6. The lowest BCUT2D eigenvalue weighted by atomic mass is 9.85. The van der Waals surface area contributed by atoms with E-state index in [4.69, 9.17) is 37.6 Å². The summed E-state index contributed by atoms with van der Waals surface area (Å²) in [6.07, 6.45) is 0.318. The average Bonchev–Trinajstić information content (AvgIpc) is 3.19. The Bertz CT molecular complexity index is 1170. The molecule has 0 bridgehead atoms. The van der Waals surface area contributed by atoms with Crippen LogP contribution in [0.4, 0.5) is 4.39 Å². The highest BCUT2D eigenvalue weighted by atomic mass is 35.5. The summed E-state index contributed by atoms with van der Waals surface area (Å²) in [6, 6.07) is 15.5. The molecule has 32 heavy (non-hydrogen) atoms. The number of halogens is 2. The van der Waals surface area contributed by atoms with Crippen LogP contribution in [0, 0.1) is 5.82 Å². The van der Waals surface area contributed by atoms with Gasteiger partial charge in [0.1, 0.15) is 12.4 Å². The van der Waals surface area contributed by atoms with E-state index in [0.717, 1.165) is 5.56 Å².